The Bertz CT molecular complexity index is 663. The molecular weight excluding hydrogens is 465 g/mol. The molecule has 0 amide bonds. The number of ether oxygens (including phenoxy) is 1. The van der Waals surface area contributed by atoms with E-state index in [1.165, 1.54) is 23.8 Å². The predicted octanol–water partition coefficient (Wildman–Crippen LogP) is 3.06. The van der Waals surface area contributed by atoms with Crippen molar-refractivity contribution in [1.82, 2.24) is 10.6 Å². The lowest BCUT2D eigenvalue weighted by Gasteiger charge is -2.21. The maximum absolute atomic E-state index is 13.9. The maximum atomic E-state index is 13.9. The molecule has 8 heteroatoms. The Kier molecular flexibility index (Phi) is 8.75. The van der Waals surface area contributed by atoms with Crippen LogP contribution < -0.4 is 15.5 Å². The van der Waals surface area contributed by atoms with Crippen LogP contribution in [-0.4, -0.2) is 51.9 Å². The van der Waals surface area contributed by atoms with Gasteiger partial charge in [0.15, 0.2) is 5.96 Å². The first-order valence-electron chi connectivity index (χ1n) is 9.09. The highest BCUT2D eigenvalue weighted by Gasteiger charge is 2.27. The summed E-state index contributed by atoms with van der Waals surface area (Å²) in [6.45, 7) is 3.44. The SMILES string of the molecule is CN=C(NCCC1=CCOCC1)NC1CCN(c2c(F)cccc2F)C1.I. The molecule has 0 spiro atoms. The molecule has 1 atom stereocenters. The van der Waals surface area contributed by atoms with E-state index in [2.05, 4.69) is 21.7 Å². The van der Waals surface area contributed by atoms with Crippen LogP contribution in [0.4, 0.5) is 14.5 Å². The monoisotopic (exact) mass is 492 g/mol. The van der Waals surface area contributed by atoms with Gasteiger partial charge in [0, 0.05) is 32.7 Å². The number of rotatable bonds is 5. The summed E-state index contributed by atoms with van der Waals surface area (Å²) in [5.74, 6) is -0.311. The number of hydrogen-bond donors (Lipinski definition) is 2. The van der Waals surface area contributed by atoms with Crippen molar-refractivity contribution in [2.24, 2.45) is 4.99 Å². The van der Waals surface area contributed by atoms with Gasteiger partial charge in [-0.3, -0.25) is 4.99 Å². The van der Waals surface area contributed by atoms with Crippen molar-refractivity contribution in [3.63, 3.8) is 0 Å². The van der Waals surface area contributed by atoms with E-state index in [0.717, 1.165) is 38.4 Å². The van der Waals surface area contributed by atoms with E-state index in [0.29, 0.717) is 19.7 Å². The fourth-order valence-corrected chi connectivity index (χ4v) is 3.39. The number of guanidine groups is 1. The van der Waals surface area contributed by atoms with Crippen LogP contribution in [0.5, 0.6) is 0 Å². The zero-order valence-corrected chi connectivity index (χ0v) is 17.8. The number of hydrogen-bond acceptors (Lipinski definition) is 3. The molecule has 1 aromatic carbocycles. The van der Waals surface area contributed by atoms with Crippen molar-refractivity contribution >= 4 is 35.6 Å². The van der Waals surface area contributed by atoms with E-state index in [4.69, 9.17) is 4.74 Å². The van der Waals surface area contributed by atoms with Gasteiger partial charge in [0.2, 0.25) is 0 Å². The highest BCUT2D eigenvalue weighted by Crippen LogP contribution is 2.26. The van der Waals surface area contributed by atoms with Gasteiger partial charge >= 0.3 is 0 Å². The lowest BCUT2D eigenvalue weighted by molar-refractivity contribution is 0.153. The fourth-order valence-electron chi connectivity index (χ4n) is 3.39. The minimum atomic E-state index is -0.516. The molecule has 27 heavy (non-hydrogen) atoms. The van der Waals surface area contributed by atoms with Crippen LogP contribution in [0.2, 0.25) is 0 Å². The Morgan fingerprint density at radius 2 is 2.11 bits per heavy atom. The molecule has 2 heterocycles. The van der Waals surface area contributed by atoms with Crippen molar-refractivity contribution in [2.45, 2.75) is 25.3 Å². The van der Waals surface area contributed by atoms with Gasteiger partial charge in [-0.05, 0) is 31.4 Å². The van der Waals surface area contributed by atoms with Gasteiger partial charge < -0.3 is 20.3 Å². The number of halogens is 3. The number of nitrogens with zero attached hydrogens (tertiary/aromatic N) is 2. The molecule has 2 N–H and O–H groups in total. The molecule has 2 aliphatic rings. The molecule has 1 aromatic rings. The molecule has 0 aliphatic carbocycles. The molecule has 0 radical (unpaired) electrons. The zero-order valence-electron chi connectivity index (χ0n) is 15.5. The van der Waals surface area contributed by atoms with Gasteiger partial charge in [-0.1, -0.05) is 17.7 Å². The van der Waals surface area contributed by atoms with Gasteiger partial charge in [0.25, 0.3) is 0 Å². The Balaban J connectivity index is 0.00000261. The highest BCUT2D eigenvalue weighted by atomic mass is 127. The van der Waals surface area contributed by atoms with Crippen LogP contribution in [0.3, 0.4) is 0 Å². The number of benzene rings is 1. The Hall–Kier alpha value is -1.42. The van der Waals surface area contributed by atoms with E-state index >= 15 is 0 Å². The van der Waals surface area contributed by atoms with Crippen molar-refractivity contribution in [2.75, 3.05) is 44.8 Å². The third-order valence-corrected chi connectivity index (χ3v) is 4.80. The predicted molar refractivity (Wildman–Crippen MR) is 115 cm³/mol. The van der Waals surface area contributed by atoms with Crippen molar-refractivity contribution in [3.8, 4) is 0 Å². The largest absolute Gasteiger partial charge is 0.377 e. The van der Waals surface area contributed by atoms with Gasteiger partial charge in [-0.2, -0.15) is 0 Å². The molecule has 0 saturated carbocycles. The summed E-state index contributed by atoms with van der Waals surface area (Å²) in [4.78, 5) is 6.00. The average Bonchev–Trinajstić information content (AvgIpc) is 3.09. The third-order valence-electron chi connectivity index (χ3n) is 4.80. The summed E-state index contributed by atoms with van der Waals surface area (Å²) < 4.78 is 33.2. The van der Waals surface area contributed by atoms with Gasteiger partial charge in [-0.25, -0.2) is 8.78 Å². The zero-order chi connectivity index (χ0) is 18.4. The van der Waals surface area contributed by atoms with E-state index in [-0.39, 0.29) is 35.7 Å². The van der Waals surface area contributed by atoms with E-state index in [1.54, 1.807) is 11.9 Å². The van der Waals surface area contributed by atoms with Crippen LogP contribution in [0.15, 0.2) is 34.8 Å². The summed E-state index contributed by atoms with van der Waals surface area (Å²) in [6, 6.07) is 4.08. The second kappa shape index (κ2) is 10.8. The van der Waals surface area contributed by atoms with Crippen LogP contribution >= 0.6 is 24.0 Å². The fraction of sp³-hybridized carbons (Fsp3) is 0.526. The van der Waals surface area contributed by atoms with E-state index < -0.39 is 11.6 Å². The summed E-state index contributed by atoms with van der Waals surface area (Å²) in [7, 11) is 1.73. The Labute approximate surface area is 176 Å². The first kappa shape index (κ1) is 21.9. The van der Waals surface area contributed by atoms with Crippen LogP contribution in [0.25, 0.3) is 0 Å². The summed E-state index contributed by atoms with van der Waals surface area (Å²) in [6.07, 6.45) is 4.89. The Morgan fingerprint density at radius 1 is 1.33 bits per heavy atom. The van der Waals surface area contributed by atoms with Gasteiger partial charge in [0.1, 0.15) is 17.3 Å². The molecule has 0 bridgehead atoms. The minimum absolute atomic E-state index is 0. The third kappa shape index (κ3) is 6.03. The number of nitrogens with one attached hydrogen (secondary N) is 2. The summed E-state index contributed by atoms with van der Waals surface area (Å²) >= 11 is 0. The molecule has 2 aliphatic heterocycles. The first-order valence-corrected chi connectivity index (χ1v) is 9.09. The smallest absolute Gasteiger partial charge is 0.191 e. The highest BCUT2D eigenvalue weighted by molar-refractivity contribution is 14.0. The quantitative estimate of drug-likeness (QED) is 0.287. The van der Waals surface area contributed by atoms with Crippen molar-refractivity contribution in [3.05, 3.63) is 41.5 Å². The second-order valence-electron chi connectivity index (χ2n) is 6.58. The molecule has 0 aromatic heterocycles. The maximum Gasteiger partial charge on any atom is 0.191 e. The average molecular weight is 492 g/mol. The molecule has 1 unspecified atom stereocenters. The second-order valence-corrected chi connectivity index (χ2v) is 6.58. The van der Waals surface area contributed by atoms with Crippen molar-refractivity contribution < 1.29 is 13.5 Å². The lowest BCUT2D eigenvalue weighted by Crippen LogP contribution is -2.45. The van der Waals surface area contributed by atoms with Crippen LogP contribution in [0, 0.1) is 11.6 Å². The van der Waals surface area contributed by atoms with Gasteiger partial charge in [-0.15, -0.1) is 24.0 Å². The van der Waals surface area contributed by atoms with Crippen LogP contribution in [0.1, 0.15) is 19.3 Å². The van der Waals surface area contributed by atoms with E-state index in [9.17, 15) is 8.78 Å². The van der Waals surface area contributed by atoms with Crippen LogP contribution in [-0.2, 0) is 4.74 Å². The number of para-hydroxylation sites is 1. The lowest BCUT2D eigenvalue weighted by atomic mass is 10.1. The topological polar surface area (TPSA) is 48.9 Å². The minimum Gasteiger partial charge on any atom is -0.377 e. The van der Waals surface area contributed by atoms with E-state index in [1.807, 2.05) is 0 Å². The number of anilines is 1. The van der Waals surface area contributed by atoms with Crippen molar-refractivity contribution in [1.29, 1.82) is 0 Å². The summed E-state index contributed by atoms with van der Waals surface area (Å²) in [5.41, 5.74) is 1.47. The first-order chi connectivity index (χ1) is 12.7. The molecular formula is C19H27F2IN4O. The standard InChI is InChI=1S/C19H26F2N4O.HI/c1-22-19(23-9-5-14-7-11-26-12-8-14)24-15-6-10-25(13-15)18-16(20)3-2-4-17(18)21;/h2-4,7,15H,5-6,8-13H2,1H3,(H2,22,23,24);1H. The molecule has 1 saturated heterocycles. The molecule has 1 fully saturated rings. The van der Waals surface area contributed by atoms with Gasteiger partial charge in [0.05, 0.1) is 13.2 Å². The number of aliphatic imine (C=N–C) groups is 1. The molecule has 3 rings (SSSR count). The molecule has 150 valence electrons. The Morgan fingerprint density at radius 3 is 2.78 bits per heavy atom. The molecule has 5 nitrogen and oxygen atoms in total. The normalized spacial score (nSPS) is 20.1. The summed E-state index contributed by atoms with van der Waals surface area (Å²) in [5, 5.41) is 6.66.